The first kappa shape index (κ1) is 37.0. The summed E-state index contributed by atoms with van der Waals surface area (Å²) in [5.41, 5.74) is 22.4. The molecule has 1 aromatic heterocycles. The molecule has 0 bridgehead atoms. The lowest BCUT2D eigenvalue weighted by Crippen LogP contribution is -2.28. The number of para-hydroxylation sites is 1. The molecule has 9 aromatic carbocycles. The first-order chi connectivity index (χ1) is 30.7. The van der Waals surface area contributed by atoms with Crippen molar-refractivity contribution in [1.29, 1.82) is 0 Å². The Morgan fingerprint density at radius 3 is 1.56 bits per heavy atom. The molecule has 0 fully saturated rings. The molecule has 1 heterocycles. The smallest absolute Gasteiger partial charge is 0.232 e. The van der Waals surface area contributed by atoms with Crippen LogP contribution in [-0.2, 0) is 12.0 Å². The van der Waals surface area contributed by atoms with E-state index in [-0.39, 0.29) is 0 Å². The number of nitrogens with two attached hydrogens (primary N) is 1. The molecule has 0 saturated heterocycles. The van der Waals surface area contributed by atoms with Crippen LogP contribution in [0.15, 0.2) is 241 Å². The quantitative estimate of drug-likeness (QED) is 0.127. The lowest BCUT2D eigenvalue weighted by Gasteiger charge is -2.34. The summed E-state index contributed by atoms with van der Waals surface area (Å²) in [5.74, 6) is 0.912. The van der Waals surface area contributed by atoms with Crippen LogP contribution in [0, 0.1) is 0 Å². The minimum absolute atomic E-state index is 0.393. The van der Waals surface area contributed by atoms with Crippen molar-refractivity contribution in [2.75, 3.05) is 0 Å². The first-order valence-corrected chi connectivity index (χ1v) is 21.1. The van der Waals surface area contributed by atoms with Gasteiger partial charge in [0.1, 0.15) is 5.84 Å². The molecule has 4 heteroatoms. The fourth-order valence-corrected chi connectivity index (χ4v) is 9.52. The molecule has 11 rings (SSSR count). The predicted molar refractivity (Wildman–Crippen MR) is 258 cm³/mol. The van der Waals surface area contributed by atoms with Crippen molar-refractivity contribution in [3.8, 4) is 33.4 Å². The van der Waals surface area contributed by atoms with Crippen molar-refractivity contribution < 1.29 is 0 Å². The number of nitrogens with zero attached hydrogens (tertiary/aromatic N) is 3. The molecule has 0 atom stereocenters. The molecule has 0 aliphatic heterocycles. The summed E-state index contributed by atoms with van der Waals surface area (Å²) >= 11 is 0. The minimum atomic E-state index is -0.565. The van der Waals surface area contributed by atoms with Crippen molar-refractivity contribution in [1.82, 2.24) is 4.57 Å². The number of benzene rings is 9. The molecule has 0 amide bonds. The third-order valence-corrected chi connectivity index (χ3v) is 12.4. The lowest BCUT2D eigenvalue weighted by atomic mass is 9.67. The van der Waals surface area contributed by atoms with Gasteiger partial charge in [0.2, 0.25) is 5.96 Å². The van der Waals surface area contributed by atoms with E-state index >= 15 is 0 Å². The average molecular weight is 795 g/mol. The Morgan fingerprint density at radius 1 is 0.435 bits per heavy atom. The summed E-state index contributed by atoms with van der Waals surface area (Å²) in [6.45, 7) is 0.413. The Bertz CT molecular complexity index is 3240. The summed E-state index contributed by atoms with van der Waals surface area (Å²) in [6, 6.07) is 81.9. The summed E-state index contributed by atoms with van der Waals surface area (Å²) < 4.78 is 2.21. The highest BCUT2D eigenvalue weighted by atomic mass is 15.2. The zero-order valence-electron chi connectivity index (χ0n) is 34.1. The zero-order chi connectivity index (χ0) is 41.5. The maximum absolute atomic E-state index is 7.02. The Morgan fingerprint density at radius 2 is 0.935 bits per heavy atom. The SMILES string of the molecule is N/C(=N\C(=N/Cc1ccc(-c2ccccc2)cc1)n1c2ccccc2c2ccc(C3(c4ccccc4)c4ccccc4-c4ccccc43)cc21)c1ccc(-c2ccccc2)cc1. The normalized spacial score (nSPS) is 13.3. The topological polar surface area (TPSA) is 55.7 Å². The van der Waals surface area contributed by atoms with Crippen LogP contribution in [0.5, 0.6) is 0 Å². The third-order valence-electron chi connectivity index (χ3n) is 12.4. The van der Waals surface area contributed by atoms with Gasteiger partial charge in [-0.2, -0.15) is 4.99 Å². The van der Waals surface area contributed by atoms with E-state index in [0.29, 0.717) is 18.3 Å². The second-order valence-electron chi connectivity index (χ2n) is 15.9. The van der Waals surface area contributed by atoms with Gasteiger partial charge in [0, 0.05) is 16.3 Å². The Balaban J connectivity index is 1.12. The second kappa shape index (κ2) is 15.5. The maximum atomic E-state index is 7.02. The molecular weight excluding hydrogens is 753 g/mol. The van der Waals surface area contributed by atoms with Crippen LogP contribution in [0.3, 0.4) is 0 Å². The molecule has 0 spiro atoms. The molecular formula is C58H42N4. The molecule has 1 aliphatic carbocycles. The molecule has 1 aliphatic rings. The number of rotatable bonds is 7. The zero-order valence-corrected chi connectivity index (χ0v) is 34.1. The van der Waals surface area contributed by atoms with Gasteiger partial charge in [0.05, 0.1) is 23.0 Å². The van der Waals surface area contributed by atoms with Crippen LogP contribution in [0.25, 0.3) is 55.2 Å². The maximum Gasteiger partial charge on any atom is 0.232 e. The Labute approximate surface area is 361 Å². The fourth-order valence-electron chi connectivity index (χ4n) is 9.52. The van der Waals surface area contributed by atoms with Crippen molar-refractivity contribution >= 4 is 33.6 Å². The lowest BCUT2D eigenvalue weighted by molar-refractivity contribution is 0.769. The van der Waals surface area contributed by atoms with E-state index in [1.807, 2.05) is 24.3 Å². The van der Waals surface area contributed by atoms with Gasteiger partial charge in [-0.25, -0.2) is 4.99 Å². The van der Waals surface area contributed by atoms with Crippen molar-refractivity contribution in [2.24, 2.45) is 15.7 Å². The van der Waals surface area contributed by atoms with E-state index in [2.05, 4.69) is 211 Å². The van der Waals surface area contributed by atoms with Gasteiger partial charge >= 0.3 is 0 Å². The molecule has 62 heavy (non-hydrogen) atoms. The number of aromatic nitrogens is 1. The van der Waals surface area contributed by atoms with E-state index < -0.39 is 5.41 Å². The monoisotopic (exact) mass is 794 g/mol. The molecule has 2 N–H and O–H groups in total. The van der Waals surface area contributed by atoms with Crippen molar-refractivity contribution in [2.45, 2.75) is 12.0 Å². The summed E-state index contributed by atoms with van der Waals surface area (Å²) in [4.78, 5) is 10.6. The van der Waals surface area contributed by atoms with Crippen LogP contribution >= 0.6 is 0 Å². The Kier molecular flexibility index (Phi) is 9.24. The van der Waals surface area contributed by atoms with E-state index in [9.17, 15) is 0 Å². The van der Waals surface area contributed by atoms with Gasteiger partial charge in [-0.05, 0) is 73.3 Å². The summed E-state index contributed by atoms with van der Waals surface area (Å²) in [6.07, 6.45) is 0. The molecule has 0 unspecified atom stereocenters. The first-order valence-electron chi connectivity index (χ1n) is 21.1. The van der Waals surface area contributed by atoms with Crippen molar-refractivity contribution in [3.63, 3.8) is 0 Å². The molecule has 0 radical (unpaired) electrons. The van der Waals surface area contributed by atoms with Crippen LogP contribution in [0.2, 0.25) is 0 Å². The summed E-state index contributed by atoms with van der Waals surface area (Å²) in [7, 11) is 0. The Hall–Kier alpha value is -8.08. The third kappa shape index (κ3) is 6.24. The molecule has 4 nitrogen and oxygen atoms in total. The number of hydrogen-bond donors (Lipinski definition) is 1. The molecule has 0 saturated carbocycles. The van der Waals surface area contributed by atoms with Crippen LogP contribution in [0.4, 0.5) is 0 Å². The van der Waals surface area contributed by atoms with E-state index in [4.69, 9.17) is 15.7 Å². The minimum Gasteiger partial charge on any atom is -0.383 e. The number of fused-ring (bicyclic) bond motifs is 6. The van der Waals surface area contributed by atoms with Gasteiger partial charge in [-0.1, -0.05) is 218 Å². The number of amidine groups is 1. The number of hydrogen-bond acceptors (Lipinski definition) is 1. The predicted octanol–water partition coefficient (Wildman–Crippen LogP) is 13.3. The summed E-state index contributed by atoms with van der Waals surface area (Å²) in [5, 5.41) is 2.24. The van der Waals surface area contributed by atoms with Crippen LogP contribution in [0.1, 0.15) is 33.4 Å². The highest BCUT2D eigenvalue weighted by Crippen LogP contribution is 2.56. The second-order valence-corrected chi connectivity index (χ2v) is 15.9. The van der Waals surface area contributed by atoms with Crippen molar-refractivity contribution in [3.05, 3.63) is 264 Å². The van der Waals surface area contributed by atoms with Crippen LogP contribution in [-0.4, -0.2) is 16.4 Å². The van der Waals surface area contributed by atoms with Gasteiger partial charge in [0.15, 0.2) is 0 Å². The van der Waals surface area contributed by atoms with E-state index in [0.717, 1.165) is 49.6 Å². The van der Waals surface area contributed by atoms with E-state index in [1.54, 1.807) is 0 Å². The van der Waals surface area contributed by atoms with Gasteiger partial charge in [-0.3, -0.25) is 4.57 Å². The fraction of sp³-hybridized carbons (Fsp3) is 0.0345. The number of aliphatic imine (C=N–C) groups is 2. The highest BCUT2D eigenvalue weighted by molar-refractivity contribution is 6.16. The highest BCUT2D eigenvalue weighted by Gasteiger charge is 2.46. The van der Waals surface area contributed by atoms with E-state index in [1.165, 1.54) is 38.9 Å². The largest absolute Gasteiger partial charge is 0.383 e. The van der Waals surface area contributed by atoms with Crippen LogP contribution < -0.4 is 5.73 Å². The molecule has 10 aromatic rings. The molecule has 294 valence electrons. The van der Waals surface area contributed by atoms with Gasteiger partial charge in [0.25, 0.3) is 0 Å². The van der Waals surface area contributed by atoms with Gasteiger partial charge in [-0.15, -0.1) is 0 Å². The van der Waals surface area contributed by atoms with Gasteiger partial charge < -0.3 is 5.73 Å². The average Bonchev–Trinajstić information content (AvgIpc) is 3.84. The standard InChI is InChI=1S/C58H42N4/c59-56(45-34-32-44(33-35-45)42-18-6-2-7-19-42)61-57(60-39-40-28-30-43(31-29-40)41-16-4-1-5-17-41)62-54-27-15-12-24-50(54)51-37-36-47(38-55(51)62)58(46-20-8-3-9-21-46)52-25-13-10-22-48(52)49-23-11-14-26-53(49)58/h1-38H,39H2,(H2,59,60,61).